The summed E-state index contributed by atoms with van der Waals surface area (Å²) in [5, 5.41) is 14.3. The number of nitrogens with one attached hydrogen (secondary N) is 2. The van der Waals surface area contributed by atoms with Crippen molar-refractivity contribution >= 4 is 46.0 Å². The molecule has 0 fully saturated rings. The van der Waals surface area contributed by atoms with Crippen LogP contribution in [0.15, 0.2) is 89.4 Å². The topological polar surface area (TPSA) is 165 Å². The van der Waals surface area contributed by atoms with E-state index in [9.17, 15) is 9.59 Å². The molecule has 5 aromatic rings. The maximum absolute atomic E-state index is 12.7. The predicted octanol–water partition coefficient (Wildman–Crippen LogP) is 4.93. The van der Waals surface area contributed by atoms with Gasteiger partial charge in [0.1, 0.15) is 6.61 Å². The second kappa shape index (κ2) is 14.8. The Bertz CT molecular complexity index is 1820. The third-order valence-electron chi connectivity index (χ3n) is 7.03. The number of amides is 2. The molecule has 2 amide bonds. The summed E-state index contributed by atoms with van der Waals surface area (Å²) in [5.74, 6) is 0.116. The van der Waals surface area contributed by atoms with E-state index in [0.29, 0.717) is 54.3 Å². The third-order valence-corrected chi connectivity index (χ3v) is 7.03. The van der Waals surface area contributed by atoms with E-state index in [0.717, 1.165) is 22.5 Å². The molecule has 0 saturated carbocycles. The van der Waals surface area contributed by atoms with Crippen molar-refractivity contribution < 1.29 is 14.3 Å². The number of carbonyl (C=O) groups is 2. The Morgan fingerprint density at radius 1 is 0.891 bits per heavy atom. The number of ether oxygens (including phenoxy) is 1. The van der Waals surface area contributed by atoms with Gasteiger partial charge in [-0.25, -0.2) is 4.98 Å². The van der Waals surface area contributed by atoms with Crippen molar-refractivity contribution in [2.24, 2.45) is 10.2 Å². The molecule has 0 radical (unpaired) electrons. The van der Waals surface area contributed by atoms with Crippen LogP contribution in [-0.4, -0.2) is 52.0 Å². The van der Waals surface area contributed by atoms with Gasteiger partial charge in [0.2, 0.25) is 17.7 Å². The van der Waals surface area contributed by atoms with E-state index in [1.807, 2.05) is 72.1 Å². The number of azo groups is 1. The summed E-state index contributed by atoms with van der Waals surface area (Å²) in [6.45, 7) is 3.22. The molecule has 236 valence electrons. The highest BCUT2D eigenvalue weighted by molar-refractivity contribution is 5.94. The van der Waals surface area contributed by atoms with E-state index in [1.54, 1.807) is 30.6 Å². The van der Waals surface area contributed by atoms with E-state index >= 15 is 0 Å². The molecule has 46 heavy (non-hydrogen) atoms. The minimum atomic E-state index is -0.177. The van der Waals surface area contributed by atoms with E-state index in [1.165, 1.54) is 6.92 Å². The molecule has 0 saturated heterocycles. The van der Waals surface area contributed by atoms with Crippen LogP contribution in [0.3, 0.4) is 0 Å². The van der Waals surface area contributed by atoms with E-state index in [-0.39, 0.29) is 24.4 Å². The lowest BCUT2D eigenvalue weighted by molar-refractivity contribution is -0.119. The number of fused-ring (bicyclic) bond motifs is 1. The van der Waals surface area contributed by atoms with Crippen LogP contribution < -0.4 is 26.0 Å². The van der Waals surface area contributed by atoms with Crippen LogP contribution in [0.4, 0.5) is 23.0 Å². The molecule has 5 rings (SSSR count). The van der Waals surface area contributed by atoms with E-state index < -0.39 is 0 Å². The monoisotopic (exact) mass is 620 g/mol. The highest BCUT2D eigenvalue weighted by Crippen LogP contribution is 2.24. The maximum Gasteiger partial charge on any atom is 0.251 e. The Kier molecular flexibility index (Phi) is 10.1. The third kappa shape index (κ3) is 8.40. The van der Waals surface area contributed by atoms with Gasteiger partial charge in [0.15, 0.2) is 11.2 Å². The van der Waals surface area contributed by atoms with Crippen LogP contribution in [0.2, 0.25) is 0 Å². The molecule has 2 aromatic heterocycles. The maximum atomic E-state index is 12.7. The zero-order valence-electron chi connectivity index (χ0n) is 26.0. The van der Waals surface area contributed by atoms with Crippen LogP contribution in [-0.2, 0) is 24.5 Å². The first-order valence-electron chi connectivity index (χ1n) is 14.8. The molecule has 0 unspecified atom stereocenters. The lowest BCUT2D eigenvalue weighted by atomic mass is 10.1. The van der Waals surface area contributed by atoms with Gasteiger partial charge in [0.05, 0.1) is 17.7 Å². The Balaban J connectivity index is 1.11. The summed E-state index contributed by atoms with van der Waals surface area (Å²) < 4.78 is 7.81. The van der Waals surface area contributed by atoms with Gasteiger partial charge in [-0.1, -0.05) is 24.3 Å². The summed E-state index contributed by atoms with van der Waals surface area (Å²) in [6, 6.07) is 22.5. The van der Waals surface area contributed by atoms with Crippen molar-refractivity contribution in [1.29, 1.82) is 0 Å². The van der Waals surface area contributed by atoms with E-state index in [4.69, 9.17) is 10.5 Å². The van der Waals surface area contributed by atoms with Crippen molar-refractivity contribution in [3.8, 4) is 5.88 Å². The second-order valence-electron chi connectivity index (χ2n) is 10.8. The number of imidazole rings is 1. The molecule has 0 bridgehead atoms. The van der Waals surface area contributed by atoms with Crippen molar-refractivity contribution in [2.45, 2.75) is 33.0 Å². The van der Waals surface area contributed by atoms with Gasteiger partial charge in [-0.3, -0.25) is 9.59 Å². The molecule has 3 aromatic carbocycles. The summed E-state index contributed by atoms with van der Waals surface area (Å²) in [6.07, 6.45) is 2.30. The van der Waals surface area contributed by atoms with Crippen molar-refractivity contribution in [2.75, 3.05) is 31.3 Å². The summed E-state index contributed by atoms with van der Waals surface area (Å²) in [4.78, 5) is 38.9. The number of rotatable bonds is 13. The zero-order valence-corrected chi connectivity index (χ0v) is 26.0. The average molecular weight is 621 g/mol. The number of anilines is 2. The standard InChI is InChI=1S/C33H36N10O3/c1-22(44)36-19-23-5-7-24(8-6-23)20-46-32-29-30(38-33(34)39-32)43(21-37-29)18-4-17-35-31(45)25-9-11-26(12-10-25)40-41-27-13-15-28(16-14-27)42(2)3/h5-16,21H,4,17-20H2,1-3H3,(H,35,45)(H,36,44)(H2,34,38,39)/b41-40+. The number of nitrogens with zero attached hydrogens (tertiary/aromatic N) is 7. The van der Waals surface area contributed by atoms with Gasteiger partial charge in [-0.15, -0.1) is 0 Å². The Hall–Kier alpha value is -5.85. The van der Waals surface area contributed by atoms with Gasteiger partial charge in [-0.2, -0.15) is 20.2 Å². The van der Waals surface area contributed by atoms with Crippen LogP contribution >= 0.6 is 0 Å². The number of benzene rings is 3. The van der Waals surface area contributed by atoms with Gasteiger partial charge in [0, 0.05) is 51.9 Å². The van der Waals surface area contributed by atoms with E-state index in [2.05, 4.69) is 35.8 Å². The molecule has 2 heterocycles. The summed E-state index contributed by atoms with van der Waals surface area (Å²) >= 11 is 0. The first-order valence-corrected chi connectivity index (χ1v) is 14.8. The van der Waals surface area contributed by atoms with Gasteiger partial charge in [0.25, 0.3) is 5.91 Å². The average Bonchev–Trinajstić information content (AvgIpc) is 3.47. The number of aryl methyl sites for hydroxylation is 1. The largest absolute Gasteiger partial charge is 0.471 e. The summed E-state index contributed by atoms with van der Waals surface area (Å²) in [5.41, 5.74) is 12.0. The quantitative estimate of drug-likeness (QED) is 0.123. The number of hydrogen-bond donors (Lipinski definition) is 3. The number of nitrogen functional groups attached to an aromatic ring is 1. The lowest BCUT2D eigenvalue weighted by Gasteiger charge is -2.11. The smallest absolute Gasteiger partial charge is 0.251 e. The SMILES string of the molecule is CC(=O)NCc1ccc(COc2nc(N)nc3c2ncn3CCCNC(=O)c2ccc(/N=N/c3ccc(N(C)C)cc3)cc2)cc1. The van der Waals surface area contributed by atoms with Crippen LogP contribution in [0, 0.1) is 0 Å². The Morgan fingerprint density at radius 3 is 2.20 bits per heavy atom. The molecule has 0 spiro atoms. The molecular weight excluding hydrogens is 584 g/mol. The molecule has 0 aliphatic rings. The van der Waals surface area contributed by atoms with Crippen LogP contribution in [0.1, 0.15) is 34.8 Å². The molecule has 4 N–H and O–H groups in total. The van der Waals surface area contributed by atoms with Gasteiger partial charge < -0.3 is 30.6 Å². The van der Waals surface area contributed by atoms with Crippen molar-refractivity contribution in [3.05, 3.63) is 95.8 Å². The molecule has 0 aliphatic heterocycles. The number of hydrogen-bond acceptors (Lipinski definition) is 10. The zero-order chi connectivity index (χ0) is 32.5. The minimum Gasteiger partial charge on any atom is -0.471 e. The summed E-state index contributed by atoms with van der Waals surface area (Å²) in [7, 11) is 3.97. The fourth-order valence-electron chi connectivity index (χ4n) is 4.50. The number of nitrogens with two attached hydrogens (primary N) is 1. The normalized spacial score (nSPS) is 11.1. The highest BCUT2D eigenvalue weighted by Gasteiger charge is 2.14. The minimum absolute atomic E-state index is 0.0772. The molecular formula is C33H36N10O3. The Labute approximate surface area is 266 Å². The second-order valence-corrected chi connectivity index (χ2v) is 10.8. The molecule has 13 nitrogen and oxygen atoms in total. The molecule has 0 atom stereocenters. The fourth-order valence-corrected chi connectivity index (χ4v) is 4.50. The van der Waals surface area contributed by atoms with Crippen LogP contribution in [0.5, 0.6) is 5.88 Å². The first kappa shape index (κ1) is 31.6. The van der Waals surface area contributed by atoms with Crippen molar-refractivity contribution in [3.63, 3.8) is 0 Å². The highest BCUT2D eigenvalue weighted by atomic mass is 16.5. The van der Waals surface area contributed by atoms with Gasteiger partial charge >= 0.3 is 0 Å². The van der Waals surface area contributed by atoms with Crippen LogP contribution in [0.25, 0.3) is 11.2 Å². The predicted molar refractivity (Wildman–Crippen MR) is 176 cm³/mol. The first-order chi connectivity index (χ1) is 22.2. The fraction of sp³-hybridized carbons (Fsp3) is 0.242. The van der Waals surface area contributed by atoms with Gasteiger partial charge in [-0.05, 0) is 66.1 Å². The lowest BCUT2D eigenvalue weighted by Crippen LogP contribution is -2.25. The number of carbonyl (C=O) groups excluding carboxylic acids is 2. The Morgan fingerprint density at radius 2 is 1.54 bits per heavy atom. The molecule has 13 heteroatoms. The van der Waals surface area contributed by atoms with Crippen molar-refractivity contribution in [1.82, 2.24) is 30.2 Å². The molecule has 0 aliphatic carbocycles. The number of aromatic nitrogens is 4.